The zero-order valence-corrected chi connectivity index (χ0v) is 14.0. The molecule has 0 radical (unpaired) electrons. The van der Waals surface area contributed by atoms with Crippen LogP contribution in [0.25, 0.3) is 11.4 Å². The zero-order chi connectivity index (χ0) is 16.9. The van der Waals surface area contributed by atoms with Gasteiger partial charge in [0, 0.05) is 37.7 Å². The molecule has 1 amide bonds. The van der Waals surface area contributed by atoms with E-state index in [1.54, 1.807) is 19.1 Å². The summed E-state index contributed by atoms with van der Waals surface area (Å²) in [7, 11) is 2.08. The number of amides is 1. The van der Waals surface area contributed by atoms with Crippen LogP contribution in [-0.4, -0.2) is 60.3 Å². The van der Waals surface area contributed by atoms with Gasteiger partial charge in [0.15, 0.2) is 0 Å². The second kappa shape index (κ2) is 7.55. The van der Waals surface area contributed by atoms with Gasteiger partial charge in [0.05, 0.1) is 12.7 Å². The van der Waals surface area contributed by atoms with Gasteiger partial charge in [-0.25, -0.2) is 0 Å². The van der Waals surface area contributed by atoms with Gasteiger partial charge in [-0.05, 0) is 25.6 Å². The Morgan fingerprint density at radius 2 is 2.33 bits per heavy atom. The Bertz CT molecular complexity index is 701. The van der Waals surface area contributed by atoms with Crippen LogP contribution in [-0.2, 0) is 4.74 Å². The molecule has 1 aromatic carbocycles. The van der Waals surface area contributed by atoms with E-state index in [1.165, 1.54) is 0 Å². The molecule has 24 heavy (non-hydrogen) atoms. The number of ether oxygens (including phenoxy) is 1. The van der Waals surface area contributed by atoms with E-state index >= 15 is 0 Å². The minimum Gasteiger partial charge on any atom is -0.375 e. The van der Waals surface area contributed by atoms with Gasteiger partial charge in [-0.15, -0.1) is 0 Å². The molecule has 1 fully saturated rings. The maximum Gasteiger partial charge on any atom is 0.251 e. The molecule has 1 aromatic heterocycles. The van der Waals surface area contributed by atoms with Gasteiger partial charge in [0.1, 0.15) is 0 Å². The van der Waals surface area contributed by atoms with Gasteiger partial charge < -0.3 is 19.5 Å². The molecule has 7 nitrogen and oxygen atoms in total. The lowest BCUT2D eigenvalue weighted by Gasteiger charge is -2.30. The molecule has 128 valence electrons. The van der Waals surface area contributed by atoms with Crippen molar-refractivity contribution < 1.29 is 14.1 Å². The number of benzene rings is 1. The van der Waals surface area contributed by atoms with E-state index in [-0.39, 0.29) is 12.0 Å². The number of nitrogens with zero attached hydrogens (tertiary/aromatic N) is 3. The minimum atomic E-state index is -0.110. The molecule has 1 aliphatic rings. The van der Waals surface area contributed by atoms with E-state index in [1.807, 2.05) is 12.1 Å². The van der Waals surface area contributed by atoms with Gasteiger partial charge in [0.25, 0.3) is 5.91 Å². The van der Waals surface area contributed by atoms with Crippen LogP contribution in [0.2, 0.25) is 0 Å². The molecule has 0 saturated carbocycles. The highest BCUT2D eigenvalue weighted by atomic mass is 16.5. The summed E-state index contributed by atoms with van der Waals surface area (Å²) in [6, 6.07) is 7.21. The SMILES string of the molecule is Cc1nc(-c2cccc(C(=O)NCC[C@H]3CN(C)CCO3)c2)no1. The average Bonchev–Trinajstić information content (AvgIpc) is 3.01. The predicted molar refractivity (Wildman–Crippen MR) is 88.7 cm³/mol. The molecule has 2 heterocycles. The van der Waals surface area contributed by atoms with Crippen LogP contribution in [0.5, 0.6) is 0 Å². The van der Waals surface area contributed by atoms with Gasteiger partial charge >= 0.3 is 0 Å². The number of aromatic nitrogens is 2. The monoisotopic (exact) mass is 330 g/mol. The molecule has 1 N–H and O–H groups in total. The van der Waals surface area contributed by atoms with E-state index in [2.05, 4.69) is 27.4 Å². The van der Waals surface area contributed by atoms with Gasteiger partial charge in [-0.1, -0.05) is 17.3 Å². The number of carbonyl (C=O) groups excluding carboxylic acids is 1. The van der Waals surface area contributed by atoms with Crippen molar-refractivity contribution in [1.29, 1.82) is 0 Å². The fourth-order valence-corrected chi connectivity index (χ4v) is 2.71. The lowest BCUT2D eigenvalue weighted by atomic mass is 10.1. The molecule has 1 atom stereocenters. The average molecular weight is 330 g/mol. The van der Waals surface area contributed by atoms with Crippen molar-refractivity contribution in [2.75, 3.05) is 33.3 Å². The standard InChI is InChI=1S/C17H22N4O3/c1-12-19-16(20-24-12)13-4-3-5-14(10-13)17(22)18-7-6-15-11-21(2)8-9-23-15/h3-5,10,15H,6-9,11H2,1-2H3,(H,18,22)/t15-/m0/s1. The normalized spacial score (nSPS) is 18.5. The Hall–Kier alpha value is -2.25. The van der Waals surface area contributed by atoms with E-state index in [0.717, 1.165) is 31.7 Å². The summed E-state index contributed by atoms with van der Waals surface area (Å²) in [5.41, 5.74) is 1.34. The molecule has 7 heteroatoms. The Balaban J connectivity index is 1.55. The Morgan fingerprint density at radius 3 is 3.08 bits per heavy atom. The van der Waals surface area contributed by atoms with E-state index < -0.39 is 0 Å². The summed E-state index contributed by atoms with van der Waals surface area (Å²) < 4.78 is 10.7. The Morgan fingerprint density at radius 1 is 1.46 bits per heavy atom. The maximum atomic E-state index is 12.3. The highest BCUT2D eigenvalue weighted by Gasteiger charge is 2.17. The van der Waals surface area contributed by atoms with Crippen LogP contribution in [0.15, 0.2) is 28.8 Å². The number of hydrogen-bond acceptors (Lipinski definition) is 6. The van der Waals surface area contributed by atoms with Gasteiger partial charge in [-0.3, -0.25) is 4.79 Å². The van der Waals surface area contributed by atoms with Gasteiger partial charge in [-0.2, -0.15) is 4.98 Å². The first-order valence-electron chi connectivity index (χ1n) is 8.11. The second-order valence-electron chi connectivity index (χ2n) is 6.02. The first-order chi connectivity index (χ1) is 11.6. The van der Waals surface area contributed by atoms with E-state index in [0.29, 0.717) is 23.8 Å². The molecule has 3 rings (SSSR count). The largest absolute Gasteiger partial charge is 0.375 e. The Labute approximate surface area is 141 Å². The molecule has 1 saturated heterocycles. The highest BCUT2D eigenvalue weighted by Crippen LogP contribution is 2.17. The first kappa shape index (κ1) is 16.6. The van der Waals surface area contributed by atoms with Crippen LogP contribution >= 0.6 is 0 Å². The maximum absolute atomic E-state index is 12.3. The van der Waals surface area contributed by atoms with Crippen molar-refractivity contribution in [3.05, 3.63) is 35.7 Å². The molecule has 0 aliphatic carbocycles. The van der Waals surface area contributed by atoms with Gasteiger partial charge in [0.2, 0.25) is 11.7 Å². The zero-order valence-electron chi connectivity index (χ0n) is 14.0. The highest BCUT2D eigenvalue weighted by molar-refractivity contribution is 5.95. The fraction of sp³-hybridized carbons (Fsp3) is 0.471. The lowest BCUT2D eigenvalue weighted by molar-refractivity contribution is -0.0226. The smallest absolute Gasteiger partial charge is 0.251 e. The predicted octanol–water partition coefficient (Wildman–Crippen LogP) is 1.50. The van der Waals surface area contributed by atoms with Crippen LogP contribution in [0, 0.1) is 6.92 Å². The molecule has 0 spiro atoms. The number of rotatable bonds is 5. The summed E-state index contributed by atoms with van der Waals surface area (Å²) >= 11 is 0. The quantitative estimate of drug-likeness (QED) is 0.895. The summed E-state index contributed by atoms with van der Waals surface area (Å²) in [5, 5.41) is 6.82. The summed E-state index contributed by atoms with van der Waals surface area (Å²) in [4.78, 5) is 18.7. The molecule has 0 unspecified atom stereocenters. The Kier molecular flexibility index (Phi) is 5.22. The number of hydrogen-bond donors (Lipinski definition) is 1. The van der Waals surface area contributed by atoms with Crippen molar-refractivity contribution in [1.82, 2.24) is 20.4 Å². The topological polar surface area (TPSA) is 80.5 Å². The number of nitrogens with one attached hydrogen (secondary N) is 1. The van der Waals surface area contributed by atoms with E-state index in [4.69, 9.17) is 9.26 Å². The number of carbonyl (C=O) groups is 1. The van der Waals surface area contributed by atoms with Crippen molar-refractivity contribution in [2.24, 2.45) is 0 Å². The van der Waals surface area contributed by atoms with Crippen LogP contribution < -0.4 is 5.32 Å². The second-order valence-corrected chi connectivity index (χ2v) is 6.02. The molecular weight excluding hydrogens is 308 g/mol. The summed E-state index contributed by atoms with van der Waals surface area (Å²) in [5.74, 6) is 0.874. The fourth-order valence-electron chi connectivity index (χ4n) is 2.71. The lowest BCUT2D eigenvalue weighted by Crippen LogP contribution is -2.41. The third-order valence-electron chi connectivity index (χ3n) is 4.00. The third kappa shape index (κ3) is 4.18. The van der Waals surface area contributed by atoms with Crippen LogP contribution in [0.3, 0.4) is 0 Å². The van der Waals surface area contributed by atoms with Crippen molar-refractivity contribution in [3.8, 4) is 11.4 Å². The summed E-state index contributed by atoms with van der Waals surface area (Å²) in [6.07, 6.45) is 0.984. The first-order valence-corrected chi connectivity index (χ1v) is 8.11. The van der Waals surface area contributed by atoms with E-state index in [9.17, 15) is 4.79 Å². The van der Waals surface area contributed by atoms with Crippen LogP contribution in [0.4, 0.5) is 0 Å². The molecule has 2 aromatic rings. The molecule has 0 bridgehead atoms. The van der Waals surface area contributed by atoms with Crippen LogP contribution in [0.1, 0.15) is 22.7 Å². The number of morpholine rings is 1. The summed E-state index contributed by atoms with van der Waals surface area (Å²) in [6.45, 7) is 4.94. The third-order valence-corrected chi connectivity index (χ3v) is 4.00. The molecule has 1 aliphatic heterocycles. The number of likely N-dealkylation sites (N-methyl/N-ethyl adjacent to an activating group) is 1. The van der Waals surface area contributed by atoms with Crippen molar-refractivity contribution in [2.45, 2.75) is 19.4 Å². The molecular formula is C17H22N4O3. The number of aryl methyl sites for hydroxylation is 1. The van der Waals surface area contributed by atoms with Crippen molar-refractivity contribution in [3.63, 3.8) is 0 Å². The van der Waals surface area contributed by atoms with Crippen molar-refractivity contribution >= 4 is 5.91 Å². The minimum absolute atomic E-state index is 0.110.